The van der Waals surface area contributed by atoms with Gasteiger partial charge in [-0.1, -0.05) is 0 Å². The molecule has 0 aliphatic carbocycles. The van der Waals surface area contributed by atoms with E-state index in [1.165, 1.54) is 4.90 Å². The third kappa shape index (κ3) is 4.59. The van der Waals surface area contributed by atoms with Crippen molar-refractivity contribution in [3.05, 3.63) is 18.3 Å². The van der Waals surface area contributed by atoms with Gasteiger partial charge in [0.1, 0.15) is 5.82 Å². The third-order valence-electron chi connectivity index (χ3n) is 3.13. The molecule has 1 aromatic rings. The number of hydrogen-bond donors (Lipinski definition) is 2. The molecular weight excluding hydrogens is 257 g/mol. The van der Waals surface area contributed by atoms with Crippen LogP contribution in [-0.4, -0.2) is 42.2 Å². The van der Waals surface area contributed by atoms with Crippen molar-refractivity contribution >= 4 is 11.5 Å². The van der Waals surface area contributed by atoms with Gasteiger partial charge in [-0.15, -0.1) is 0 Å². The lowest BCUT2D eigenvalue weighted by Crippen LogP contribution is -2.33. The van der Waals surface area contributed by atoms with E-state index in [1.807, 2.05) is 0 Å². The van der Waals surface area contributed by atoms with E-state index in [1.54, 1.807) is 18.3 Å². The smallest absolute Gasteiger partial charge is 0.397 e. The molecule has 1 aromatic heterocycles. The maximum atomic E-state index is 12.2. The molecule has 3 N–H and O–H groups in total. The largest absolute Gasteiger partial charge is 0.401 e. The molecule has 0 aromatic carbocycles. The van der Waals surface area contributed by atoms with Crippen LogP contribution in [0.2, 0.25) is 0 Å². The van der Waals surface area contributed by atoms with Crippen molar-refractivity contribution in [2.45, 2.75) is 12.6 Å². The normalized spacial score (nSPS) is 20.7. The monoisotopic (exact) mass is 274 g/mol. The number of nitrogens with zero attached hydrogens (tertiary/aromatic N) is 2. The lowest BCUT2D eigenvalue weighted by molar-refractivity contribution is -0.143. The molecule has 0 radical (unpaired) electrons. The van der Waals surface area contributed by atoms with Crippen molar-refractivity contribution in [1.82, 2.24) is 9.88 Å². The first-order valence-electron chi connectivity index (χ1n) is 6.17. The zero-order valence-electron chi connectivity index (χ0n) is 10.5. The van der Waals surface area contributed by atoms with Crippen LogP contribution in [0.3, 0.4) is 0 Å². The maximum Gasteiger partial charge on any atom is 0.401 e. The van der Waals surface area contributed by atoms with Crippen LogP contribution in [0.1, 0.15) is 6.42 Å². The number of nitrogens with one attached hydrogen (secondary N) is 1. The maximum absolute atomic E-state index is 12.2. The molecule has 1 aliphatic heterocycles. The summed E-state index contributed by atoms with van der Waals surface area (Å²) in [5, 5.41) is 3.12. The van der Waals surface area contributed by atoms with E-state index >= 15 is 0 Å². The summed E-state index contributed by atoms with van der Waals surface area (Å²) in [5.41, 5.74) is 6.10. The molecule has 7 heteroatoms. The third-order valence-corrected chi connectivity index (χ3v) is 3.13. The van der Waals surface area contributed by atoms with E-state index in [2.05, 4.69) is 10.3 Å². The van der Waals surface area contributed by atoms with Crippen molar-refractivity contribution in [3.63, 3.8) is 0 Å². The molecule has 0 amide bonds. The highest BCUT2D eigenvalue weighted by atomic mass is 19.4. The van der Waals surface area contributed by atoms with Crippen molar-refractivity contribution in [3.8, 4) is 0 Å². The number of rotatable bonds is 4. The van der Waals surface area contributed by atoms with Gasteiger partial charge in [0.25, 0.3) is 0 Å². The molecule has 2 heterocycles. The Balaban J connectivity index is 1.75. The number of alkyl halides is 3. The summed E-state index contributed by atoms with van der Waals surface area (Å²) in [6, 6.07) is 3.50. The predicted molar refractivity (Wildman–Crippen MR) is 67.7 cm³/mol. The van der Waals surface area contributed by atoms with Crippen LogP contribution < -0.4 is 11.1 Å². The number of likely N-dealkylation sites (tertiary alicyclic amines) is 1. The highest BCUT2D eigenvalue weighted by molar-refractivity contribution is 5.43. The van der Waals surface area contributed by atoms with Gasteiger partial charge in [-0.3, -0.25) is 4.90 Å². The van der Waals surface area contributed by atoms with E-state index in [9.17, 15) is 13.2 Å². The molecule has 1 fully saturated rings. The molecule has 1 aliphatic rings. The van der Waals surface area contributed by atoms with Gasteiger partial charge in [0, 0.05) is 13.1 Å². The SMILES string of the molecule is Nc1ccc(NCC2CCN(CC(F)(F)F)C2)nc1. The molecule has 4 nitrogen and oxygen atoms in total. The fraction of sp³-hybridized carbons (Fsp3) is 0.583. The summed E-state index contributed by atoms with van der Waals surface area (Å²) < 4.78 is 36.7. The Hall–Kier alpha value is -1.50. The first kappa shape index (κ1) is 13.9. The van der Waals surface area contributed by atoms with Gasteiger partial charge in [0.05, 0.1) is 18.4 Å². The fourth-order valence-corrected chi connectivity index (χ4v) is 2.24. The second kappa shape index (κ2) is 5.64. The minimum absolute atomic E-state index is 0.224. The van der Waals surface area contributed by atoms with Crippen molar-refractivity contribution in [2.24, 2.45) is 5.92 Å². The van der Waals surface area contributed by atoms with E-state index < -0.39 is 12.7 Å². The first-order valence-corrected chi connectivity index (χ1v) is 6.17. The summed E-state index contributed by atoms with van der Waals surface area (Å²) in [6.45, 7) is 0.789. The van der Waals surface area contributed by atoms with Crippen LogP contribution in [0.5, 0.6) is 0 Å². The topological polar surface area (TPSA) is 54.2 Å². The second-order valence-corrected chi connectivity index (χ2v) is 4.86. The van der Waals surface area contributed by atoms with Gasteiger partial charge < -0.3 is 11.1 Å². The molecular formula is C12H17F3N4. The van der Waals surface area contributed by atoms with Crippen LogP contribution in [0.15, 0.2) is 18.3 Å². The highest BCUT2D eigenvalue weighted by Gasteiger charge is 2.34. The zero-order valence-corrected chi connectivity index (χ0v) is 10.5. The van der Waals surface area contributed by atoms with Gasteiger partial charge >= 0.3 is 6.18 Å². The van der Waals surface area contributed by atoms with Crippen LogP contribution in [-0.2, 0) is 0 Å². The van der Waals surface area contributed by atoms with E-state index in [0.29, 0.717) is 31.1 Å². The molecule has 19 heavy (non-hydrogen) atoms. The molecule has 2 rings (SSSR count). The number of aromatic nitrogens is 1. The molecule has 0 saturated carbocycles. The lowest BCUT2D eigenvalue weighted by atomic mass is 10.1. The minimum Gasteiger partial charge on any atom is -0.397 e. The molecule has 0 spiro atoms. The number of nitrogen functional groups attached to an aromatic ring is 1. The Bertz CT molecular complexity index is 404. The van der Waals surface area contributed by atoms with Gasteiger partial charge in [-0.25, -0.2) is 4.98 Å². The Morgan fingerprint density at radius 2 is 2.21 bits per heavy atom. The van der Waals surface area contributed by atoms with Crippen molar-refractivity contribution in [1.29, 1.82) is 0 Å². The molecule has 0 bridgehead atoms. The van der Waals surface area contributed by atoms with Gasteiger partial charge in [-0.05, 0) is 31.0 Å². The summed E-state index contributed by atoms with van der Waals surface area (Å²) in [6.07, 6.45) is -1.79. The quantitative estimate of drug-likeness (QED) is 0.881. The summed E-state index contributed by atoms with van der Waals surface area (Å²) in [5.74, 6) is 0.921. The first-order chi connectivity index (χ1) is 8.92. The Kier molecular flexibility index (Phi) is 4.14. The lowest BCUT2D eigenvalue weighted by Gasteiger charge is -2.18. The minimum atomic E-state index is -4.11. The number of hydrogen-bond acceptors (Lipinski definition) is 4. The second-order valence-electron chi connectivity index (χ2n) is 4.86. The zero-order chi connectivity index (χ0) is 13.9. The fourth-order valence-electron chi connectivity index (χ4n) is 2.24. The molecule has 1 unspecified atom stereocenters. The van der Waals surface area contributed by atoms with Crippen molar-refractivity contribution in [2.75, 3.05) is 37.2 Å². The average molecular weight is 274 g/mol. The standard InChI is InChI=1S/C12H17F3N4/c13-12(14,15)8-19-4-3-9(7-19)5-17-11-2-1-10(16)6-18-11/h1-2,6,9H,3-5,7-8,16H2,(H,17,18). The Morgan fingerprint density at radius 1 is 1.42 bits per heavy atom. The summed E-state index contributed by atoms with van der Waals surface area (Å²) in [4.78, 5) is 5.54. The van der Waals surface area contributed by atoms with Gasteiger partial charge in [0.15, 0.2) is 0 Å². The average Bonchev–Trinajstić information content (AvgIpc) is 2.73. The van der Waals surface area contributed by atoms with E-state index in [-0.39, 0.29) is 5.92 Å². The van der Waals surface area contributed by atoms with Crippen LogP contribution in [0.4, 0.5) is 24.7 Å². The number of anilines is 2. The predicted octanol–water partition coefficient (Wildman–Crippen LogP) is 1.96. The molecule has 106 valence electrons. The summed E-state index contributed by atoms with van der Waals surface area (Å²) >= 11 is 0. The molecule has 1 atom stereocenters. The van der Waals surface area contributed by atoms with E-state index in [4.69, 9.17) is 5.73 Å². The molecule has 1 saturated heterocycles. The van der Waals surface area contributed by atoms with Crippen molar-refractivity contribution < 1.29 is 13.2 Å². The van der Waals surface area contributed by atoms with Crippen LogP contribution >= 0.6 is 0 Å². The van der Waals surface area contributed by atoms with E-state index in [0.717, 1.165) is 6.42 Å². The van der Waals surface area contributed by atoms with Crippen LogP contribution in [0.25, 0.3) is 0 Å². The number of nitrogens with two attached hydrogens (primary N) is 1. The number of halogens is 3. The van der Waals surface area contributed by atoms with Gasteiger partial charge in [-0.2, -0.15) is 13.2 Å². The number of pyridine rings is 1. The Morgan fingerprint density at radius 3 is 2.84 bits per heavy atom. The Labute approximate surface area is 109 Å². The summed E-state index contributed by atoms with van der Waals surface area (Å²) in [7, 11) is 0. The van der Waals surface area contributed by atoms with Crippen LogP contribution in [0, 0.1) is 5.92 Å². The van der Waals surface area contributed by atoms with Gasteiger partial charge in [0.2, 0.25) is 0 Å². The highest BCUT2D eigenvalue weighted by Crippen LogP contribution is 2.22.